The van der Waals surface area contributed by atoms with Crippen LogP contribution in [0.15, 0.2) is 48.9 Å². The molecule has 1 aromatic carbocycles. The quantitative estimate of drug-likeness (QED) is 0.710. The van der Waals surface area contributed by atoms with Gasteiger partial charge in [-0.15, -0.1) is 10.2 Å². The molecule has 0 saturated carbocycles. The second kappa shape index (κ2) is 8.26. The number of aromatic nitrogens is 3. The zero-order chi connectivity index (χ0) is 19.3. The minimum absolute atomic E-state index is 0.0629. The van der Waals surface area contributed by atoms with E-state index in [1.165, 1.54) is 0 Å². The monoisotopic (exact) mass is 381 g/mol. The molecule has 1 aliphatic heterocycles. The van der Waals surface area contributed by atoms with Gasteiger partial charge in [-0.3, -0.25) is 4.40 Å². The summed E-state index contributed by atoms with van der Waals surface area (Å²) < 4.78 is 12.7. The molecular formula is C20H23N5O3. The second-order valence-corrected chi connectivity index (χ2v) is 6.78. The molecule has 2 aromatic heterocycles. The molecule has 8 nitrogen and oxygen atoms in total. The molecule has 3 heterocycles. The average Bonchev–Trinajstić information content (AvgIpc) is 3.40. The number of methoxy groups -OCH3 is 1. The molecule has 1 N–H and O–H groups in total. The Morgan fingerprint density at radius 1 is 1.36 bits per heavy atom. The van der Waals surface area contributed by atoms with Gasteiger partial charge in [0.2, 0.25) is 0 Å². The topological polar surface area (TPSA) is 81.0 Å². The number of anilines is 1. The van der Waals surface area contributed by atoms with E-state index < -0.39 is 0 Å². The van der Waals surface area contributed by atoms with Crippen molar-refractivity contribution >= 4 is 17.4 Å². The summed E-state index contributed by atoms with van der Waals surface area (Å²) in [7, 11) is 1.64. The number of carbonyl (C=O) groups is 1. The van der Waals surface area contributed by atoms with E-state index in [1.54, 1.807) is 22.7 Å². The largest absolute Gasteiger partial charge is 0.497 e. The van der Waals surface area contributed by atoms with Gasteiger partial charge in [0.15, 0.2) is 5.65 Å². The Morgan fingerprint density at radius 2 is 2.21 bits per heavy atom. The van der Waals surface area contributed by atoms with Crippen molar-refractivity contribution in [1.82, 2.24) is 19.5 Å². The van der Waals surface area contributed by atoms with Crippen molar-refractivity contribution in [2.45, 2.75) is 25.5 Å². The molecule has 0 bridgehead atoms. The highest BCUT2D eigenvalue weighted by Gasteiger charge is 2.23. The lowest BCUT2D eigenvalue weighted by molar-refractivity contribution is 0.0819. The number of nitrogens with one attached hydrogen (secondary N) is 1. The van der Waals surface area contributed by atoms with Gasteiger partial charge in [0, 0.05) is 25.9 Å². The SMILES string of the molecule is COc1ccc(CN(CC2CCCO2)C(=O)Nc2cccn3cnnc23)cc1. The normalized spacial score (nSPS) is 16.2. The Balaban J connectivity index is 1.52. The van der Waals surface area contributed by atoms with E-state index in [2.05, 4.69) is 15.5 Å². The van der Waals surface area contributed by atoms with Gasteiger partial charge in [-0.1, -0.05) is 12.1 Å². The Bertz CT molecular complexity index is 934. The standard InChI is InChI=1S/C20H23N5O3/c1-27-16-8-6-15(7-9-16)12-25(13-17-4-3-11-28-17)20(26)22-18-5-2-10-24-14-21-23-19(18)24/h2,5-10,14,17H,3-4,11-13H2,1H3,(H,22,26). The van der Waals surface area contributed by atoms with E-state index in [9.17, 15) is 4.79 Å². The summed E-state index contributed by atoms with van der Waals surface area (Å²) in [6, 6.07) is 11.2. The first-order chi connectivity index (χ1) is 13.7. The molecule has 1 fully saturated rings. The third kappa shape index (κ3) is 4.07. The van der Waals surface area contributed by atoms with Crippen molar-refractivity contribution < 1.29 is 14.3 Å². The van der Waals surface area contributed by atoms with E-state index in [0.717, 1.165) is 30.8 Å². The molecule has 0 aliphatic carbocycles. The third-order valence-corrected chi connectivity index (χ3v) is 4.83. The number of hydrogen-bond donors (Lipinski definition) is 1. The first-order valence-corrected chi connectivity index (χ1v) is 9.32. The molecule has 0 spiro atoms. The van der Waals surface area contributed by atoms with Crippen LogP contribution in [0.5, 0.6) is 5.75 Å². The van der Waals surface area contributed by atoms with E-state index >= 15 is 0 Å². The van der Waals surface area contributed by atoms with E-state index in [4.69, 9.17) is 9.47 Å². The number of amides is 2. The maximum atomic E-state index is 13.1. The van der Waals surface area contributed by atoms with Crippen molar-refractivity contribution in [2.75, 3.05) is 25.6 Å². The fourth-order valence-electron chi connectivity index (χ4n) is 3.35. The molecule has 1 atom stereocenters. The van der Waals surface area contributed by atoms with Crippen molar-refractivity contribution in [2.24, 2.45) is 0 Å². The van der Waals surface area contributed by atoms with Gasteiger partial charge < -0.3 is 19.7 Å². The van der Waals surface area contributed by atoms with Gasteiger partial charge in [-0.25, -0.2) is 4.79 Å². The van der Waals surface area contributed by atoms with Gasteiger partial charge in [-0.05, 0) is 42.7 Å². The lowest BCUT2D eigenvalue weighted by Gasteiger charge is -2.26. The van der Waals surface area contributed by atoms with Crippen molar-refractivity contribution in [3.05, 3.63) is 54.5 Å². The number of rotatable bonds is 6. The van der Waals surface area contributed by atoms with Gasteiger partial charge in [-0.2, -0.15) is 0 Å². The number of pyridine rings is 1. The molecule has 2 amide bonds. The van der Waals surface area contributed by atoms with Crippen LogP contribution in [0.3, 0.4) is 0 Å². The van der Waals surface area contributed by atoms with Crippen LogP contribution in [0, 0.1) is 0 Å². The zero-order valence-electron chi connectivity index (χ0n) is 15.7. The highest BCUT2D eigenvalue weighted by molar-refractivity contribution is 5.93. The number of urea groups is 1. The maximum absolute atomic E-state index is 13.1. The molecular weight excluding hydrogens is 358 g/mol. The Labute approximate surface area is 163 Å². The van der Waals surface area contributed by atoms with E-state index in [-0.39, 0.29) is 12.1 Å². The summed E-state index contributed by atoms with van der Waals surface area (Å²) in [5.74, 6) is 0.789. The molecule has 146 valence electrons. The lowest BCUT2D eigenvalue weighted by atomic mass is 10.2. The minimum Gasteiger partial charge on any atom is -0.497 e. The second-order valence-electron chi connectivity index (χ2n) is 6.78. The minimum atomic E-state index is -0.192. The number of ether oxygens (including phenoxy) is 2. The lowest BCUT2D eigenvalue weighted by Crippen LogP contribution is -2.39. The number of nitrogens with zero attached hydrogens (tertiary/aromatic N) is 4. The van der Waals surface area contributed by atoms with E-state index in [0.29, 0.717) is 24.4 Å². The van der Waals surface area contributed by atoms with Crippen LogP contribution in [-0.2, 0) is 11.3 Å². The maximum Gasteiger partial charge on any atom is 0.322 e. The van der Waals surface area contributed by atoms with Crippen LogP contribution >= 0.6 is 0 Å². The predicted molar refractivity (Wildman–Crippen MR) is 104 cm³/mol. The first kappa shape index (κ1) is 18.2. The summed E-state index contributed by atoms with van der Waals surface area (Å²) in [5.41, 5.74) is 2.25. The van der Waals surface area contributed by atoms with Crippen molar-refractivity contribution in [1.29, 1.82) is 0 Å². The highest BCUT2D eigenvalue weighted by atomic mass is 16.5. The average molecular weight is 381 g/mol. The van der Waals surface area contributed by atoms with Gasteiger partial charge in [0.25, 0.3) is 0 Å². The summed E-state index contributed by atoms with van der Waals surface area (Å²) in [4.78, 5) is 14.8. The van der Waals surface area contributed by atoms with Gasteiger partial charge >= 0.3 is 6.03 Å². The number of fused-ring (bicyclic) bond motifs is 1. The smallest absolute Gasteiger partial charge is 0.322 e. The Kier molecular flexibility index (Phi) is 5.38. The fraction of sp³-hybridized carbons (Fsp3) is 0.350. The number of carbonyl (C=O) groups excluding carboxylic acids is 1. The van der Waals surface area contributed by atoms with Crippen LogP contribution in [0.1, 0.15) is 18.4 Å². The van der Waals surface area contributed by atoms with E-state index in [1.807, 2.05) is 42.6 Å². The van der Waals surface area contributed by atoms with Crippen LogP contribution < -0.4 is 10.1 Å². The molecule has 1 unspecified atom stereocenters. The number of hydrogen-bond acceptors (Lipinski definition) is 5. The van der Waals surface area contributed by atoms with Crippen LogP contribution in [0.4, 0.5) is 10.5 Å². The van der Waals surface area contributed by atoms with Crippen LogP contribution in [0.25, 0.3) is 5.65 Å². The summed E-state index contributed by atoms with van der Waals surface area (Å²) >= 11 is 0. The molecule has 3 aromatic rings. The predicted octanol–water partition coefficient (Wildman–Crippen LogP) is 2.95. The van der Waals surface area contributed by atoms with Crippen LogP contribution in [-0.4, -0.2) is 51.9 Å². The zero-order valence-corrected chi connectivity index (χ0v) is 15.7. The summed E-state index contributed by atoms with van der Waals surface area (Å²) in [5, 5.41) is 10.9. The molecule has 4 rings (SSSR count). The fourth-order valence-corrected chi connectivity index (χ4v) is 3.35. The molecule has 1 saturated heterocycles. The molecule has 28 heavy (non-hydrogen) atoms. The van der Waals surface area contributed by atoms with Gasteiger partial charge in [0.1, 0.15) is 12.1 Å². The molecule has 8 heteroatoms. The third-order valence-electron chi connectivity index (χ3n) is 4.83. The van der Waals surface area contributed by atoms with Gasteiger partial charge in [0.05, 0.1) is 18.9 Å². The Hall–Kier alpha value is -3.13. The molecule has 1 aliphatic rings. The van der Waals surface area contributed by atoms with Crippen molar-refractivity contribution in [3.8, 4) is 5.75 Å². The summed E-state index contributed by atoms with van der Waals surface area (Å²) in [6.45, 7) is 1.76. The van der Waals surface area contributed by atoms with Crippen LogP contribution in [0.2, 0.25) is 0 Å². The highest BCUT2D eigenvalue weighted by Crippen LogP contribution is 2.19. The molecule has 0 radical (unpaired) electrons. The summed E-state index contributed by atoms with van der Waals surface area (Å²) in [6.07, 6.45) is 5.50. The Morgan fingerprint density at radius 3 is 2.96 bits per heavy atom. The number of benzene rings is 1. The van der Waals surface area contributed by atoms with Crippen molar-refractivity contribution in [3.63, 3.8) is 0 Å². The first-order valence-electron chi connectivity index (χ1n) is 9.32.